The van der Waals surface area contributed by atoms with Gasteiger partial charge in [-0.25, -0.2) is 13.1 Å². The van der Waals surface area contributed by atoms with E-state index >= 15 is 0 Å². The summed E-state index contributed by atoms with van der Waals surface area (Å²) in [4.78, 5) is 10.6. The van der Waals surface area contributed by atoms with Crippen molar-refractivity contribution in [3.05, 3.63) is 35.4 Å². The second-order valence-electron chi connectivity index (χ2n) is 3.91. The SMILES string of the molecule is C[C@H](NS(=O)(=O)Cc1ccccc1CN)C(=O)O. The number of sulfonamides is 1. The number of hydrogen-bond donors (Lipinski definition) is 3. The summed E-state index contributed by atoms with van der Waals surface area (Å²) in [6.07, 6.45) is 0. The Morgan fingerprint density at radius 2 is 1.94 bits per heavy atom. The van der Waals surface area contributed by atoms with E-state index in [1.54, 1.807) is 24.3 Å². The number of nitrogens with one attached hydrogen (secondary N) is 1. The largest absolute Gasteiger partial charge is 0.480 e. The number of nitrogens with two attached hydrogens (primary N) is 1. The van der Waals surface area contributed by atoms with Crippen LogP contribution in [0, 0.1) is 0 Å². The number of benzene rings is 1. The third-order valence-corrected chi connectivity index (χ3v) is 3.81. The number of carboxylic acids is 1. The zero-order valence-electron chi connectivity index (χ0n) is 9.96. The van der Waals surface area contributed by atoms with E-state index in [2.05, 4.69) is 4.72 Å². The fourth-order valence-corrected chi connectivity index (χ4v) is 2.88. The fourth-order valence-electron chi connectivity index (χ4n) is 1.46. The summed E-state index contributed by atoms with van der Waals surface area (Å²) < 4.78 is 25.6. The van der Waals surface area contributed by atoms with E-state index in [1.165, 1.54) is 6.92 Å². The van der Waals surface area contributed by atoms with E-state index < -0.39 is 22.0 Å². The molecular formula is C11H16N2O4S. The lowest BCUT2D eigenvalue weighted by atomic mass is 10.1. The Labute approximate surface area is 106 Å². The molecule has 0 aromatic heterocycles. The van der Waals surface area contributed by atoms with Gasteiger partial charge in [0.2, 0.25) is 10.0 Å². The maximum Gasteiger partial charge on any atom is 0.321 e. The third-order valence-electron chi connectivity index (χ3n) is 2.41. The molecule has 4 N–H and O–H groups in total. The Morgan fingerprint density at radius 1 is 1.39 bits per heavy atom. The molecule has 0 aliphatic heterocycles. The molecular weight excluding hydrogens is 256 g/mol. The minimum absolute atomic E-state index is 0.236. The van der Waals surface area contributed by atoms with E-state index in [4.69, 9.17) is 10.8 Å². The predicted octanol–water partition coefficient (Wildman–Crippen LogP) is 0.0378. The van der Waals surface area contributed by atoms with Gasteiger partial charge in [-0.3, -0.25) is 4.79 Å². The second kappa shape index (κ2) is 5.94. The van der Waals surface area contributed by atoms with Crippen LogP contribution in [0.15, 0.2) is 24.3 Å². The lowest BCUT2D eigenvalue weighted by Gasteiger charge is -2.12. The average molecular weight is 272 g/mol. The first-order valence-electron chi connectivity index (χ1n) is 5.35. The Morgan fingerprint density at radius 3 is 2.44 bits per heavy atom. The van der Waals surface area contributed by atoms with Crippen LogP contribution in [-0.2, 0) is 27.1 Å². The first-order chi connectivity index (χ1) is 8.35. The van der Waals surface area contributed by atoms with Crippen LogP contribution >= 0.6 is 0 Å². The van der Waals surface area contributed by atoms with Gasteiger partial charge in [0.1, 0.15) is 6.04 Å². The molecule has 6 nitrogen and oxygen atoms in total. The van der Waals surface area contributed by atoms with Gasteiger partial charge in [-0.2, -0.15) is 0 Å². The maximum atomic E-state index is 11.8. The zero-order chi connectivity index (χ0) is 13.8. The monoisotopic (exact) mass is 272 g/mol. The molecule has 0 amide bonds. The minimum Gasteiger partial charge on any atom is -0.480 e. The summed E-state index contributed by atoms with van der Waals surface area (Å²) in [6, 6.07) is 5.73. The number of carbonyl (C=O) groups is 1. The van der Waals surface area contributed by atoms with Crippen LogP contribution in [0.5, 0.6) is 0 Å². The number of carboxylic acid groups (broad SMARTS) is 1. The van der Waals surface area contributed by atoms with Gasteiger partial charge in [-0.1, -0.05) is 24.3 Å². The summed E-state index contributed by atoms with van der Waals surface area (Å²) in [6.45, 7) is 1.51. The maximum absolute atomic E-state index is 11.8. The van der Waals surface area contributed by atoms with Crippen molar-refractivity contribution in [2.75, 3.05) is 0 Å². The number of rotatable bonds is 6. The van der Waals surface area contributed by atoms with E-state index in [1.807, 2.05) is 0 Å². The molecule has 0 saturated carbocycles. The topological polar surface area (TPSA) is 109 Å². The van der Waals surface area contributed by atoms with Crippen molar-refractivity contribution in [2.45, 2.75) is 25.3 Å². The van der Waals surface area contributed by atoms with Gasteiger partial charge in [0.05, 0.1) is 5.75 Å². The molecule has 0 unspecified atom stereocenters. The van der Waals surface area contributed by atoms with Gasteiger partial charge in [0.25, 0.3) is 0 Å². The molecule has 100 valence electrons. The van der Waals surface area contributed by atoms with Crippen molar-refractivity contribution < 1.29 is 18.3 Å². The molecule has 18 heavy (non-hydrogen) atoms. The molecule has 0 bridgehead atoms. The molecule has 7 heteroatoms. The average Bonchev–Trinajstić information content (AvgIpc) is 2.28. The van der Waals surface area contributed by atoms with Crippen molar-refractivity contribution in [3.8, 4) is 0 Å². The molecule has 0 aliphatic rings. The molecule has 1 rings (SSSR count). The highest BCUT2D eigenvalue weighted by Gasteiger charge is 2.20. The minimum atomic E-state index is -3.70. The molecule has 0 fully saturated rings. The van der Waals surface area contributed by atoms with Crippen LogP contribution < -0.4 is 10.5 Å². The molecule has 0 saturated heterocycles. The van der Waals surface area contributed by atoms with Gasteiger partial charge in [-0.15, -0.1) is 0 Å². The smallest absolute Gasteiger partial charge is 0.321 e. The van der Waals surface area contributed by atoms with Crippen LogP contribution in [0.1, 0.15) is 18.1 Å². The summed E-state index contributed by atoms with van der Waals surface area (Å²) in [5.41, 5.74) is 6.81. The van der Waals surface area contributed by atoms with Gasteiger partial charge in [0.15, 0.2) is 0 Å². The van der Waals surface area contributed by atoms with Gasteiger partial charge in [-0.05, 0) is 18.1 Å². The highest BCUT2D eigenvalue weighted by atomic mass is 32.2. The Balaban J connectivity index is 2.86. The highest BCUT2D eigenvalue weighted by Crippen LogP contribution is 2.11. The Bertz CT molecular complexity index is 528. The lowest BCUT2D eigenvalue weighted by Crippen LogP contribution is -2.39. The second-order valence-corrected chi connectivity index (χ2v) is 5.66. The fraction of sp³-hybridized carbons (Fsp3) is 0.364. The third kappa shape index (κ3) is 4.10. The Kier molecular flexibility index (Phi) is 4.83. The summed E-state index contributed by atoms with van der Waals surface area (Å²) >= 11 is 0. The molecule has 1 aromatic carbocycles. The van der Waals surface area contributed by atoms with Crippen molar-refractivity contribution in [3.63, 3.8) is 0 Å². The van der Waals surface area contributed by atoms with Crippen molar-refractivity contribution in [1.29, 1.82) is 0 Å². The van der Waals surface area contributed by atoms with Crippen LogP contribution in [-0.4, -0.2) is 25.5 Å². The normalized spacial score (nSPS) is 13.2. The number of aliphatic carboxylic acids is 1. The summed E-state index contributed by atoms with van der Waals surface area (Å²) in [5.74, 6) is -1.50. The van der Waals surface area contributed by atoms with E-state index in [-0.39, 0.29) is 12.3 Å². The molecule has 1 atom stereocenters. The van der Waals surface area contributed by atoms with Crippen LogP contribution in [0.4, 0.5) is 0 Å². The predicted molar refractivity (Wildman–Crippen MR) is 67.2 cm³/mol. The molecule has 0 spiro atoms. The van der Waals surface area contributed by atoms with Crippen LogP contribution in [0.25, 0.3) is 0 Å². The van der Waals surface area contributed by atoms with E-state index in [0.717, 1.165) is 5.56 Å². The molecule has 0 aliphatic carbocycles. The van der Waals surface area contributed by atoms with Crippen molar-refractivity contribution >= 4 is 16.0 Å². The van der Waals surface area contributed by atoms with Crippen molar-refractivity contribution in [1.82, 2.24) is 4.72 Å². The summed E-state index contributed by atoms with van der Waals surface area (Å²) in [5, 5.41) is 8.67. The standard InChI is InChI=1S/C11H16N2O4S/c1-8(11(14)15)13-18(16,17)7-10-5-3-2-4-9(10)6-12/h2-5,8,13H,6-7,12H2,1H3,(H,14,15)/t8-/m0/s1. The molecule has 1 aromatic rings. The van der Waals surface area contributed by atoms with Gasteiger partial charge < -0.3 is 10.8 Å². The summed E-state index contributed by atoms with van der Waals surface area (Å²) in [7, 11) is -3.70. The van der Waals surface area contributed by atoms with Crippen molar-refractivity contribution in [2.24, 2.45) is 5.73 Å². The first-order valence-corrected chi connectivity index (χ1v) is 7.00. The quantitative estimate of drug-likeness (QED) is 0.677. The van der Waals surface area contributed by atoms with E-state index in [9.17, 15) is 13.2 Å². The van der Waals surface area contributed by atoms with Crippen LogP contribution in [0.3, 0.4) is 0 Å². The van der Waals surface area contributed by atoms with Crippen LogP contribution in [0.2, 0.25) is 0 Å². The highest BCUT2D eigenvalue weighted by molar-refractivity contribution is 7.88. The molecule has 0 radical (unpaired) electrons. The zero-order valence-corrected chi connectivity index (χ0v) is 10.8. The van der Waals surface area contributed by atoms with Gasteiger partial charge >= 0.3 is 5.97 Å². The first kappa shape index (κ1) is 14.6. The molecule has 0 heterocycles. The number of hydrogen-bond acceptors (Lipinski definition) is 4. The lowest BCUT2D eigenvalue weighted by molar-refractivity contribution is -0.138. The van der Waals surface area contributed by atoms with Gasteiger partial charge in [0, 0.05) is 6.54 Å². The van der Waals surface area contributed by atoms with E-state index in [0.29, 0.717) is 5.56 Å². The Hall–Kier alpha value is -1.44.